The standard InChI is InChI=1S/C19H29N5O2S2/c1-4-16-14-23-18(27-16)10-11-21-19(20-5-2)22-12-13-24-28(25,26)17-8-6-15(3)7-9-17/h6-9,14,24H,4-5,10-13H2,1-3H3,(H2,20,21,22). The van der Waals surface area contributed by atoms with Crippen molar-refractivity contribution in [2.75, 3.05) is 26.2 Å². The highest BCUT2D eigenvalue weighted by atomic mass is 32.2. The van der Waals surface area contributed by atoms with Gasteiger partial charge in [0.05, 0.1) is 16.4 Å². The van der Waals surface area contributed by atoms with Gasteiger partial charge in [-0.25, -0.2) is 18.1 Å². The van der Waals surface area contributed by atoms with Crippen LogP contribution in [0.1, 0.15) is 29.3 Å². The third-order valence-electron chi connectivity index (χ3n) is 3.93. The Labute approximate surface area is 171 Å². The zero-order chi connectivity index (χ0) is 20.4. The van der Waals surface area contributed by atoms with Crippen LogP contribution in [0.15, 0.2) is 40.4 Å². The van der Waals surface area contributed by atoms with Gasteiger partial charge in [-0.15, -0.1) is 11.3 Å². The Morgan fingerprint density at radius 3 is 2.54 bits per heavy atom. The summed E-state index contributed by atoms with van der Waals surface area (Å²) in [6.45, 7) is 8.07. The van der Waals surface area contributed by atoms with Crippen molar-refractivity contribution in [1.29, 1.82) is 0 Å². The van der Waals surface area contributed by atoms with E-state index in [-0.39, 0.29) is 11.4 Å². The highest BCUT2D eigenvalue weighted by molar-refractivity contribution is 7.89. The SMILES string of the molecule is CCNC(=NCCNS(=O)(=O)c1ccc(C)cc1)NCCc1ncc(CC)s1. The van der Waals surface area contributed by atoms with Crippen molar-refractivity contribution in [3.05, 3.63) is 45.9 Å². The average molecular weight is 424 g/mol. The number of aliphatic imine (C=N–C) groups is 1. The fraction of sp³-hybridized carbons (Fsp3) is 0.474. The molecule has 0 aliphatic heterocycles. The van der Waals surface area contributed by atoms with Crippen molar-refractivity contribution >= 4 is 27.3 Å². The molecule has 2 aromatic rings. The minimum atomic E-state index is -3.51. The van der Waals surface area contributed by atoms with Crippen molar-refractivity contribution in [2.24, 2.45) is 4.99 Å². The van der Waals surface area contributed by atoms with Crippen LogP contribution in [0.2, 0.25) is 0 Å². The molecule has 0 saturated carbocycles. The molecule has 0 radical (unpaired) electrons. The smallest absolute Gasteiger partial charge is 0.240 e. The summed E-state index contributed by atoms with van der Waals surface area (Å²) in [5.41, 5.74) is 1.02. The number of aryl methyl sites for hydroxylation is 2. The van der Waals surface area contributed by atoms with E-state index in [9.17, 15) is 8.42 Å². The molecule has 0 unspecified atom stereocenters. The van der Waals surface area contributed by atoms with Gasteiger partial charge in [-0.2, -0.15) is 0 Å². The van der Waals surface area contributed by atoms with Gasteiger partial charge in [0.25, 0.3) is 0 Å². The lowest BCUT2D eigenvalue weighted by Gasteiger charge is -2.11. The summed E-state index contributed by atoms with van der Waals surface area (Å²) in [5.74, 6) is 0.671. The molecule has 7 nitrogen and oxygen atoms in total. The number of guanidine groups is 1. The maximum absolute atomic E-state index is 12.3. The van der Waals surface area contributed by atoms with Crippen LogP contribution in [0.3, 0.4) is 0 Å². The van der Waals surface area contributed by atoms with Gasteiger partial charge < -0.3 is 10.6 Å². The molecule has 0 spiro atoms. The molecule has 0 amide bonds. The minimum absolute atomic E-state index is 0.235. The topological polar surface area (TPSA) is 95.5 Å². The molecule has 1 aromatic heterocycles. The van der Waals surface area contributed by atoms with Gasteiger partial charge in [-0.1, -0.05) is 24.6 Å². The molecule has 0 bridgehead atoms. The number of sulfonamides is 1. The van der Waals surface area contributed by atoms with Gasteiger partial charge in [-0.3, -0.25) is 4.99 Å². The first-order valence-electron chi connectivity index (χ1n) is 9.46. The summed E-state index contributed by atoms with van der Waals surface area (Å²) in [7, 11) is -3.51. The van der Waals surface area contributed by atoms with Gasteiger partial charge in [0.1, 0.15) is 0 Å². The third kappa shape index (κ3) is 7.21. The van der Waals surface area contributed by atoms with E-state index < -0.39 is 10.0 Å². The van der Waals surface area contributed by atoms with E-state index in [4.69, 9.17) is 0 Å². The van der Waals surface area contributed by atoms with E-state index in [2.05, 4.69) is 32.3 Å². The predicted molar refractivity (Wildman–Crippen MR) is 116 cm³/mol. The summed E-state index contributed by atoms with van der Waals surface area (Å²) in [4.78, 5) is 10.4. The van der Waals surface area contributed by atoms with Crippen LogP contribution in [-0.2, 0) is 22.9 Å². The molecular weight excluding hydrogens is 394 g/mol. The largest absolute Gasteiger partial charge is 0.357 e. The Kier molecular flexibility index (Phi) is 8.88. The molecule has 28 heavy (non-hydrogen) atoms. The highest BCUT2D eigenvalue weighted by Gasteiger charge is 2.12. The summed E-state index contributed by atoms with van der Waals surface area (Å²) >= 11 is 1.73. The quantitative estimate of drug-likeness (QED) is 0.309. The van der Waals surface area contributed by atoms with Crippen LogP contribution in [0.25, 0.3) is 0 Å². The maximum Gasteiger partial charge on any atom is 0.240 e. The van der Waals surface area contributed by atoms with Crippen LogP contribution in [0.5, 0.6) is 0 Å². The van der Waals surface area contributed by atoms with Crippen molar-refractivity contribution in [3.8, 4) is 0 Å². The van der Waals surface area contributed by atoms with E-state index >= 15 is 0 Å². The van der Waals surface area contributed by atoms with Crippen LogP contribution in [0.4, 0.5) is 0 Å². The molecule has 9 heteroatoms. The van der Waals surface area contributed by atoms with Crippen molar-refractivity contribution in [2.45, 2.75) is 38.5 Å². The minimum Gasteiger partial charge on any atom is -0.357 e. The van der Waals surface area contributed by atoms with E-state index in [0.717, 1.165) is 36.5 Å². The first-order chi connectivity index (χ1) is 13.4. The molecule has 2 rings (SSSR count). The second-order valence-corrected chi connectivity index (χ2v) is 9.19. The summed E-state index contributed by atoms with van der Waals surface area (Å²) in [5, 5.41) is 7.53. The molecule has 3 N–H and O–H groups in total. The molecule has 1 heterocycles. The number of hydrogen-bond acceptors (Lipinski definition) is 5. The Bertz CT molecular complexity index is 861. The van der Waals surface area contributed by atoms with Crippen molar-refractivity contribution in [3.63, 3.8) is 0 Å². The first kappa shape index (κ1) is 22.3. The molecule has 0 fully saturated rings. The molecule has 1 aromatic carbocycles. The number of aromatic nitrogens is 1. The zero-order valence-corrected chi connectivity index (χ0v) is 18.3. The van der Waals surface area contributed by atoms with E-state index in [1.54, 1.807) is 35.6 Å². The van der Waals surface area contributed by atoms with Crippen molar-refractivity contribution < 1.29 is 8.42 Å². The number of rotatable bonds is 10. The third-order valence-corrected chi connectivity index (χ3v) is 6.61. The number of nitrogens with zero attached hydrogens (tertiary/aromatic N) is 2. The summed E-state index contributed by atoms with van der Waals surface area (Å²) < 4.78 is 27.1. The number of benzene rings is 1. The van der Waals surface area contributed by atoms with Crippen LogP contribution >= 0.6 is 11.3 Å². The molecule has 0 aliphatic carbocycles. The molecular formula is C19H29N5O2S2. The van der Waals surface area contributed by atoms with E-state index in [1.165, 1.54) is 4.88 Å². The lowest BCUT2D eigenvalue weighted by atomic mass is 10.2. The lowest BCUT2D eigenvalue weighted by Crippen LogP contribution is -2.39. The van der Waals surface area contributed by atoms with Crippen LogP contribution < -0.4 is 15.4 Å². The van der Waals surface area contributed by atoms with Crippen LogP contribution in [0, 0.1) is 6.92 Å². The lowest BCUT2D eigenvalue weighted by molar-refractivity contribution is 0.582. The predicted octanol–water partition coefficient (Wildman–Crippen LogP) is 2.09. The molecule has 0 aliphatic rings. The monoisotopic (exact) mass is 423 g/mol. The van der Waals surface area contributed by atoms with Gasteiger partial charge in [-0.05, 0) is 32.4 Å². The fourth-order valence-corrected chi connectivity index (χ4v) is 4.29. The molecule has 0 saturated heterocycles. The second kappa shape index (κ2) is 11.1. The average Bonchev–Trinajstić information content (AvgIpc) is 3.13. The van der Waals surface area contributed by atoms with Gasteiger partial charge in [0.2, 0.25) is 10.0 Å². The number of thiazole rings is 1. The second-order valence-electron chi connectivity index (χ2n) is 6.22. The van der Waals surface area contributed by atoms with E-state index in [0.29, 0.717) is 12.5 Å². The molecule has 154 valence electrons. The van der Waals surface area contributed by atoms with Gasteiger partial charge in [0.15, 0.2) is 5.96 Å². The highest BCUT2D eigenvalue weighted by Crippen LogP contribution is 2.13. The van der Waals surface area contributed by atoms with Crippen molar-refractivity contribution in [1.82, 2.24) is 20.3 Å². The van der Waals surface area contributed by atoms with E-state index in [1.807, 2.05) is 20.0 Å². The number of hydrogen-bond donors (Lipinski definition) is 3. The van der Waals surface area contributed by atoms with Crippen LogP contribution in [-0.4, -0.2) is 45.5 Å². The fourth-order valence-electron chi connectivity index (χ4n) is 2.41. The Morgan fingerprint density at radius 2 is 1.89 bits per heavy atom. The van der Waals surface area contributed by atoms with Gasteiger partial charge in [0, 0.05) is 37.1 Å². The first-order valence-corrected chi connectivity index (χ1v) is 11.8. The Morgan fingerprint density at radius 1 is 1.14 bits per heavy atom. The summed E-state index contributed by atoms with van der Waals surface area (Å²) in [6, 6.07) is 6.78. The zero-order valence-electron chi connectivity index (χ0n) is 16.7. The maximum atomic E-state index is 12.3. The molecule has 0 atom stereocenters. The summed E-state index contributed by atoms with van der Waals surface area (Å²) in [6.07, 6.45) is 3.77. The number of nitrogens with one attached hydrogen (secondary N) is 3. The normalized spacial score (nSPS) is 12.2. The van der Waals surface area contributed by atoms with Gasteiger partial charge >= 0.3 is 0 Å². The Balaban J connectivity index is 1.80. The Hall–Kier alpha value is -1.97.